The maximum atomic E-state index is 14.1. The van der Waals surface area contributed by atoms with Crippen LogP contribution < -0.4 is 24.4 Å². The lowest BCUT2D eigenvalue weighted by molar-refractivity contribution is 0.478. The van der Waals surface area contributed by atoms with Crippen LogP contribution in [-0.4, -0.2) is 43.5 Å². The summed E-state index contributed by atoms with van der Waals surface area (Å²) in [7, 11) is 0. The van der Waals surface area contributed by atoms with Gasteiger partial charge in [0.05, 0.1) is 27.6 Å². The molecular formula is C39H26N8O6. The van der Waals surface area contributed by atoms with E-state index in [-0.39, 0.29) is 68.9 Å². The molecule has 0 aliphatic rings. The van der Waals surface area contributed by atoms with Crippen LogP contribution in [-0.2, 0) is 0 Å². The molecule has 0 saturated carbocycles. The Kier molecular flexibility index (Phi) is 9.48. The summed E-state index contributed by atoms with van der Waals surface area (Å²) in [4.78, 5) is 30.3. The van der Waals surface area contributed by atoms with Crippen LogP contribution in [0.4, 0.5) is 0 Å². The van der Waals surface area contributed by atoms with Gasteiger partial charge in [-0.15, -0.1) is 0 Å². The van der Waals surface area contributed by atoms with Gasteiger partial charge in [0.25, 0.3) is 0 Å². The first-order valence-electron chi connectivity index (χ1n) is 15.8. The number of hydrogen-bond acceptors (Lipinski definition) is 14. The molecule has 0 spiro atoms. The monoisotopic (exact) mass is 702 g/mol. The van der Waals surface area contributed by atoms with Gasteiger partial charge >= 0.3 is 0 Å². The fraction of sp³-hybridized carbons (Fsp3) is 0. The molecule has 14 nitrogen and oxygen atoms in total. The number of hydrogen-bond donors (Lipinski definition) is 4. The minimum absolute atomic E-state index is 0.0111. The van der Waals surface area contributed by atoms with Crippen LogP contribution in [0.15, 0.2) is 144 Å². The molecule has 0 saturated heterocycles. The van der Waals surface area contributed by atoms with E-state index in [1.807, 2.05) is 0 Å². The third-order valence-electron chi connectivity index (χ3n) is 7.57. The highest BCUT2D eigenvalue weighted by Crippen LogP contribution is 2.38. The number of fused-ring (bicyclic) bond motifs is 1. The molecule has 0 amide bonds. The summed E-state index contributed by atoms with van der Waals surface area (Å²) in [6, 6.07) is 22.2. The summed E-state index contributed by atoms with van der Waals surface area (Å²) < 4.78 is 29.9. The molecule has 7 aromatic rings. The third kappa shape index (κ3) is 7.51. The largest absolute Gasteiger partial charge is 0.452 e. The number of nitrogens with zero attached hydrogens (tertiary/aromatic N) is 4. The highest BCUT2D eigenvalue weighted by molar-refractivity contribution is 5.97. The van der Waals surface area contributed by atoms with E-state index < -0.39 is 5.43 Å². The Morgan fingerprint density at radius 3 is 1.53 bits per heavy atom. The average molecular weight is 703 g/mol. The Bertz CT molecular complexity index is 2550. The molecule has 53 heavy (non-hydrogen) atoms. The lowest BCUT2D eigenvalue weighted by Gasteiger charge is -2.16. The molecule has 5 aromatic heterocycles. The second kappa shape index (κ2) is 14.9. The quantitative estimate of drug-likeness (QED) is 0.0927. The predicted molar refractivity (Wildman–Crippen MR) is 195 cm³/mol. The zero-order valence-electron chi connectivity index (χ0n) is 27.4. The summed E-state index contributed by atoms with van der Waals surface area (Å²) >= 11 is 0. The van der Waals surface area contributed by atoms with E-state index in [1.165, 1.54) is 55.1 Å². The second-order valence-corrected chi connectivity index (χ2v) is 11.1. The van der Waals surface area contributed by atoms with Gasteiger partial charge < -0.3 is 23.4 Å². The van der Waals surface area contributed by atoms with Crippen molar-refractivity contribution >= 4 is 34.6 Å². The lowest BCUT2D eigenvalue weighted by atomic mass is 10.1. The van der Waals surface area contributed by atoms with Crippen molar-refractivity contribution in [1.29, 1.82) is 21.6 Å². The fourth-order valence-corrected chi connectivity index (χ4v) is 4.98. The van der Waals surface area contributed by atoms with Gasteiger partial charge in [0.1, 0.15) is 11.3 Å². The third-order valence-corrected chi connectivity index (χ3v) is 7.57. The minimum atomic E-state index is -0.604. The molecule has 4 N–H and O–H groups in total. The van der Waals surface area contributed by atoms with Gasteiger partial charge in [-0.05, 0) is 78.9 Å². The maximum absolute atomic E-state index is 14.1. The average Bonchev–Trinajstić information content (AvgIpc) is 3.20. The van der Waals surface area contributed by atoms with Gasteiger partial charge in [0, 0.05) is 61.2 Å². The van der Waals surface area contributed by atoms with Crippen molar-refractivity contribution in [3.05, 3.63) is 167 Å². The lowest BCUT2D eigenvalue weighted by Crippen LogP contribution is -2.17. The van der Waals surface area contributed by atoms with E-state index in [2.05, 4.69) is 19.9 Å². The summed E-state index contributed by atoms with van der Waals surface area (Å²) in [6.07, 6.45) is 12.1. The van der Waals surface area contributed by atoms with Gasteiger partial charge in [-0.3, -0.25) is 46.4 Å². The van der Waals surface area contributed by atoms with Crippen molar-refractivity contribution in [1.82, 2.24) is 19.9 Å². The van der Waals surface area contributed by atoms with Crippen molar-refractivity contribution in [2.75, 3.05) is 0 Å². The van der Waals surface area contributed by atoms with Crippen molar-refractivity contribution in [2.45, 2.75) is 0 Å². The summed E-state index contributed by atoms with van der Waals surface area (Å²) in [6.45, 7) is 0. The van der Waals surface area contributed by atoms with Crippen LogP contribution in [0.1, 0.15) is 22.3 Å². The first kappa shape index (κ1) is 33.6. The zero-order valence-corrected chi connectivity index (χ0v) is 27.4. The Balaban J connectivity index is 1.34. The summed E-state index contributed by atoms with van der Waals surface area (Å²) in [5.74, 6) is -1.19. The highest BCUT2D eigenvalue weighted by Gasteiger charge is 2.23. The molecule has 14 heteroatoms. The highest BCUT2D eigenvalue weighted by atomic mass is 16.5. The number of benzene rings is 2. The van der Waals surface area contributed by atoms with E-state index in [0.29, 0.717) is 22.3 Å². The molecule has 0 radical (unpaired) electrons. The van der Waals surface area contributed by atoms with Crippen LogP contribution >= 0.6 is 0 Å². The van der Waals surface area contributed by atoms with Gasteiger partial charge in [-0.25, -0.2) is 0 Å². The second-order valence-electron chi connectivity index (χ2n) is 11.1. The Labute approximate surface area is 300 Å². The van der Waals surface area contributed by atoms with Crippen LogP contribution in [0.5, 0.6) is 23.0 Å². The summed E-state index contributed by atoms with van der Waals surface area (Å²) in [5, 5.41) is 34.3. The van der Waals surface area contributed by atoms with Crippen LogP contribution in [0.3, 0.4) is 0 Å². The molecule has 258 valence electrons. The Morgan fingerprint density at radius 2 is 1.02 bits per heavy atom. The van der Waals surface area contributed by atoms with E-state index >= 15 is 0 Å². The molecule has 0 aliphatic heterocycles. The number of pyridine rings is 4. The fourth-order valence-electron chi connectivity index (χ4n) is 4.98. The van der Waals surface area contributed by atoms with Gasteiger partial charge in [0.2, 0.25) is 34.8 Å². The van der Waals surface area contributed by atoms with Crippen molar-refractivity contribution in [2.24, 2.45) is 0 Å². The number of rotatable bonds is 9. The summed E-state index contributed by atoms with van der Waals surface area (Å²) in [5.41, 5.74) is 1.23. The van der Waals surface area contributed by atoms with Crippen molar-refractivity contribution < 1.29 is 23.4 Å². The maximum Gasteiger partial charge on any atom is 0.235 e. The first-order chi connectivity index (χ1) is 25.8. The van der Waals surface area contributed by atoms with Crippen LogP contribution in [0.25, 0.3) is 22.3 Å². The molecule has 7 rings (SSSR count). The first-order valence-corrected chi connectivity index (χ1v) is 15.8. The SMILES string of the molecule is N=C(Oc1ccc2c(=O)c(OC(=N)c3cccnc3)c(-c3ccc(OC(=N)c4cccnc4)c(OC(=N)c4cccnc4)c3)oc2c1)c1cccnc1. The normalized spacial score (nSPS) is 10.6. The van der Waals surface area contributed by atoms with Gasteiger partial charge in [-0.1, -0.05) is 0 Å². The molecule has 0 bridgehead atoms. The standard InChI is InChI=1S/C39H26N8O6/c40-36(24-5-1-13-44-19-24)49-28-10-11-29-31(18-28)50-34(35(33(29)48)53-39(43)27-8-4-16-47-22-27)23-9-12-30(51-37(41)25-6-2-14-45-20-25)32(17-23)52-38(42)26-7-3-15-46-21-26/h1-22,40-43H. The van der Waals surface area contributed by atoms with Crippen molar-refractivity contribution in [3.63, 3.8) is 0 Å². The smallest absolute Gasteiger partial charge is 0.235 e. The molecule has 0 unspecified atom stereocenters. The van der Waals surface area contributed by atoms with E-state index in [9.17, 15) is 4.79 Å². The van der Waals surface area contributed by atoms with Gasteiger partial charge in [0.15, 0.2) is 17.3 Å². The Hall–Kier alpha value is -7.87. The molecule has 2 aromatic carbocycles. The van der Waals surface area contributed by atoms with Crippen molar-refractivity contribution in [3.8, 4) is 34.3 Å². The number of ether oxygens (including phenoxy) is 4. The number of nitrogens with one attached hydrogen (secondary N) is 4. The van der Waals surface area contributed by atoms with Gasteiger partial charge in [-0.2, -0.15) is 0 Å². The molecule has 0 aliphatic carbocycles. The van der Waals surface area contributed by atoms with Crippen LogP contribution in [0, 0.1) is 21.6 Å². The topological polar surface area (TPSA) is 214 Å². The van der Waals surface area contributed by atoms with E-state index in [4.69, 9.17) is 45.0 Å². The molecule has 0 atom stereocenters. The molecule has 5 heterocycles. The minimum Gasteiger partial charge on any atom is -0.452 e. The molecular weight excluding hydrogens is 676 g/mol. The number of aromatic nitrogens is 4. The zero-order chi connectivity index (χ0) is 36.7. The Morgan fingerprint density at radius 1 is 0.528 bits per heavy atom. The van der Waals surface area contributed by atoms with E-state index in [0.717, 1.165) is 0 Å². The molecule has 0 fully saturated rings. The predicted octanol–water partition coefficient (Wildman–Crippen LogP) is 6.66. The van der Waals surface area contributed by atoms with E-state index in [1.54, 1.807) is 79.4 Å². The van der Waals surface area contributed by atoms with Crippen LogP contribution in [0.2, 0.25) is 0 Å².